The number of aliphatic carboxylic acids is 1. The maximum atomic E-state index is 12.1. The van der Waals surface area contributed by atoms with Crippen LogP contribution in [0.15, 0.2) is 24.3 Å². The van der Waals surface area contributed by atoms with Crippen LogP contribution in [0.5, 0.6) is 11.5 Å². The number of nitrogens with zero attached hydrogens (tertiary/aromatic N) is 2. The molecule has 1 aromatic carbocycles. The summed E-state index contributed by atoms with van der Waals surface area (Å²) >= 11 is 0. The Morgan fingerprint density at radius 1 is 1.00 bits per heavy atom. The molecule has 0 aromatic heterocycles. The Bertz CT molecular complexity index is 578. The largest absolute Gasteiger partial charge is 0.497 e. The van der Waals surface area contributed by atoms with Gasteiger partial charge in [-0.25, -0.2) is 4.79 Å². The molecule has 0 radical (unpaired) electrons. The summed E-state index contributed by atoms with van der Waals surface area (Å²) in [7, 11) is 1.56. The third kappa shape index (κ3) is 4.35. The molecular weight excluding hydrogens is 304 g/mol. The molecule has 1 N–H and O–H groups in total. The van der Waals surface area contributed by atoms with Crippen molar-refractivity contribution in [1.82, 2.24) is 9.80 Å². The minimum atomic E-state index is -1.48. The van der Waals surface area contributed by atoms with Gasteiger partial charge in [-0.3, -0.25) is 9.59 Å². The first-order valence-electron chi connectivity index (χ1n) is 7.08. The quantitative estimate of drug-likeness (QED) is 0.773. The van der Waals surface area contributed by atoms with Crippen LogP contribution in [-0.4, -0.2) is 72.6 Å². The summed E-state index contributed by atoms with van der Waals surface area (Å²) in [6.45, 7) is 0.895. The Labute approximate surface area is 133 Å². The summed E-state index contributed by atoms with van der Waals surface area (Å²) in [6.07, 6.45) is 0. The van der Waals surface area contributed by atoms with Crippen LogP contribution in [0, 0.1) is 0 Å². The van der Waals surface area contributed by atoms with Gasteiger partial charge in [-0.05, 0) is 24.3 Å². The molecule has 0 bridgehead atoms. The van der Waals surface area contributed by atoms with Crippen LogP contribution in [0.3, 0.4) is 0 Å². The summed E-state index contributed by atoms with van der Waals surface area (Å²) in [6, 6.07) is 6.87. The number of carboxylic acid groups (broad SMARTS) is 1. The zero-order valence-corrected chi connectivity index (χ0v) is 12.7. The molecule has 2 amide bonds. The Kier molecular flexibility index (Phi) is 5.40. The number of piperazine rings is 1. The Hall–Kier alpha value is -2.77. The van der Waals surface area contributed by atoms with Gasteiger partial charge in [0.15, 0.2) is 6.61 Å². The van der Waals surface area contributed by atoms with E-state index in [1.807, 2.05) is 0 Å². The van der Waals surface area contributed by atoms with E-state index in [9.17, 15) is 14.4 Å². The molecule has 1 fully saturated rings. The first-order valence-corrected chi connectivity index (χ1v) is 7.08. The van der Waals surface area contributed by atoms with Gasteiger partial charge < -0.3 is 24.4 Å². The summed E-state index contributed by atoms with van der Waals surface area (Å²) in [5.74, 6) is -1.37. The van der Waals surface area contributed by atoms with Crippen LogP contribution in [0.1, 0.15) is 0 Å². The molecule has 1 aliphatic rings. The highest BCUT2D eigenvalue weighted by molar-refractivity contribution is 6.31. The highest BCUT2D eigenvalue weighted by Gasteiger charge is 2.27. The zero-order chi connectivity index (χ0) is 16.8. The van der Waals surface area contributed by atoms with Crippen LogP contribution in [0.25, 0.3) is 0 Å². The average Bonchev–Trinajstić information content (AvgIpc) is 2.59. The summed E-state index contributed by atoms with van der Waals surface area (Å²) in [4.78, 5) is 36.8. The van der Waals surface area contributed by atoms with E-state index in [0.717, 1.165) is 0 Å². The normalized spacial score (nSPS) is 14.3. The molecule has 0 spiro atoms. The lowest BCUT2D eigenvalue weighted by atomic mass is 10.3. The smallest absolute Gasteiger partial charge is 0.394 e. The maximum absolute atomic E-state index is 12.1. The van der Waals surface area contributed by atoms with E-state index in [4.69, 9.17) is 14.6 Å². The number of methoxy groups -OCH3 is 1. The van der Waals surface area contributed by atoms with Gasteiger partial charge in [0.1, 0.15) is 11.5 Å². The van der Waals surface area contributed by atoms with Gasteiger partial charge in [0.05, 0.1) is 7.11 Å². The Balaban J connectivity index is 1.78. The van der Waals surface area contributed by atoms with Crippen LogP contribution in [0.4, 0.5) is 0 Å². The van der Waals surface area contributed by atoms with Crippen LogP contribution in [-0.2, 0) is 14.4 Å². The van der Waals surface area contributed by atoms with Crippen molar-refractivity contribution in [3.05, 3.63) is 24.3 Å². The molecule has 1 saturated heterocycles. The fraction of sp³-hybridized carbons (Fsp3) is 0.400. The topological polar surface area (TPSA) is 96.4 Å². The predicted octanol–water partition coefficient (Wildman–Crippen LogP) is -0.171. The van der Waals surface area contributed by atoms with Crippen molar-refractivity contribution in [2.24, 2.45) is 0 Å². The van der Waals surface area contributed by atoms with E-state index in [1.165, 1.54) is 4.90 Å². The maximum Gasteiger partial charge on any atom is 0.394 e. The van der Waals surface area contributed by atoms with E-state index >= 15 is 0 Å². The van der Waals surface area contributed by atoms with Gasteiger partial charge in [-0.1, -0.05) is 0 Å². The second-order valence-corrected chi connectivity index (χ2v) is 4.94. The minimum absolute atomic E-state index is 0.112. The number of carboxylic acids is 1. The minimum Gasteiger partial charge on any atom is -0.497 e. The fourth-order valence-corrected chi connectivity index (χ4v) is 2.20. The fourth-order valence-electron chi connectivity index (χ4n) is 2.20. The van der Waals surface area contributed by atoms with E-state index < -0.39 is 11.9 Å². The molecule has 8 heteroatoms. The molecule has 2 rings (SSSR count). The zero-order valence-electron chi connectivity index (χ0n) is 12.7. The predicted molar refractivity (Wildman–Crippen MR) is 79.3 cm³/mol. The highest BCUT2D eigenvalue weighted by Crippen LogP contribution is 2.17. The molecule has 1 aromatic rings. The van der Waals surface area contributed by atoms with Crippen LogP contribution < -0.4 is 9.47 Å². The van der Waals surface area contributed by atoms with Crippen molar-refractivity contribution in [3.63, 3.8) is 0 Å². The van der Waals surface area contributed by atoms with Gasteiger partial charge >= 0.3 is 11.9 Å². The number of carbonyl (C=O) groups is 3. The van der Waals surface area contributed by atoms with E-state index in [0.29, 0.717) is 24.6 Å². The van der Waals surface area contributed by atoms with Crippen molar-refractivity contribution < 1.29 is 29.0 Å². The third-order valence-corrected chi connectivity index (χ3v) is 3.52. The SMILES string of the molecule is COc1ccc(OCC(=O)N2CCN(C(=O)C(=O)O)CC2)cc1. The summed E-state index contributed by atoms with van der Waals surface area (Å²) in [5.41, 5.74) is 0. The van der Waals surface area contributed by atoms with E-state index in [2.05, 4.69) is 0 Å². The van der Waals surface area contributed by atoms with Gasteiger partial charge in [-0.15, -0.1) is 0 Å². The molecular formula is C15H18N2O6. The first-order chi connectivity index (χ1) is 11.0. The van der Waals surface area contributed by atoms with Gasteiger partial charge in [-0.2, -0.15) is 0 Å². The molecule has 0 unspecified atom stereocenters. The Morgan fingerprint density at radius 3 is 2.04 bits per heavy atom. The number of benzene rings is 1. The van der Waals surface area contributed by atoms with Crippen molar-refractivity contribution in [1.29, 1.82) is 0 Å². The van der Waals surface area contributed by atoms with E-state index in [-0.39, 0.29) is 25.6 Å². The number of ether oxygens (including phenoxy) is 2. The number of rotatable bonds is 4. The van der Waals surface area contributed by atoms with Crippen LogP contribution >= 0.6 is 0 Å². The molecule has 1 aliphatic heterocycles. The standard InChI is InChI=1S/C15H18N2O6/c1-22-11-2-4-12(5-3-11)23-10-13(18)16-6-8-17(9-7-16)14(19)15(20)21/h2-5H,6-10H2,1H3,(H,20,21). The number of hydrogen-bond acceptors (Lipinski definition) is 5. The number of carbonyl (C=O) groups excluding carboxylic acids is 2. The van der Waals surface area contributed by atoms with E-state index in [1.54, 1.807) is 36.3 Å². The Morgan fingerprint density at radius 2 is 1.52 bits per heavy atom. The lowest BCUT2D eigenvalue weighted by Crippen LogP contribution is -2.53. The van der Waals surface area contributed by atoms with Crippen molar-refractivity contribution >= 4 is 17.8 Å². The second kappa shape index (κ2) is 7.48. The third-order valence-electron chi connectivity index (χ3n) is 3.52. The van der Waals surface area contributed by atoms with Gasteiger partial charge in [0.2, 0.25) is 0 Å². The molecule has 8 nitrogen and oxygen atoms in total. The van der Waals surface area contributed by atoms with Gasteiger partial charge in [0, 0.05) is 26.2 Å². The average molecular weight is 322 g/mol. The lowest BCUT2D eigenvalue weighted by molar-refractivity contribution is -0.157. The number of hydrogen-bond donors (Lipinski definition) is 1. The molecule has 23 heavy (non-hydrogen) atoms. The highest BCUT2D eigenvalue weighted by atomic mass is 16.5. The molecule has 1 heterocycles. The van der Waals surface area contributed by atoms with Crippen molar-refractivity contribution in [2.75, 3.05) is 39.9 Å². The monoisotopic (exact) mass is 322 g/mol. The summed E-state index contributed by atoms with van der Waals surface area (Å²) < 4.78 is 10.4. The van der Waals surface area contributed by atoms with Crippen molar-refractivity contribution in [2.45, 2.75) is 0 Å². The molecule has 124 valence electrons. The molecule has 0 saturated carbocycles. The molecule has 0 atom stereocenters. The summed E-state index contributed by atoms with van der Waals surface area (Å²) in [5, 5.41) is 8.66. The number of amides is 2. The van der Waals surface area contributed by atoms with Crippen LogP contribution in [0.2, 0.25) is 0 Å². The second-order valence-electron chi connectivity index (χ2n) is 4.94. The van der Waals surface area contributed by atoms with Gasteiger partial charge in [0.25, 0.3) is 5.91 Å². The first kappa shape index (κ1) is 16.6. The lowest BCUT2D eigenvalue weighted by Gasteiger charge is -2.33. The van der Waals surface area contributed by atoms with Crippen molar-refractivity contribution in [3.8, 4) is 11.5 Å². The molecule has 0 aliphatic carbocycles.